The van der Waals surface area contributed by atoms with Crippen LogP contribution in [0.15, 0.2) is 29.4 Å². The Labute approximate surface area is 100 Å². The van der Waals surface area contributed by atoms with Crippen LogP contribution in [0.3, 0.4) is 0 Å². The molecule has 0 aliphatic carbocycles. The maximum Gasteiger partial charge on any atom is 0.242 e. The fourth-order valence-electron chi connectivity index (χ4n) is 1.26. The molecule has 0 amide bonds. The molecule has 17 heavy (non-hydrogen) atoms. The zero-order chi connectivity index (χ0) is 12.9. The van der Waals surface area contributed by atoms with E-state index < -0.39 is 28.8 Å². The summed E-state index contributed by atoms with van der Waals surface area (Å²) in [4.78, 5) is 3.71. The van der Waals surface area contributed by atoms with Crippen molar-refractivity contribution < 1.29 is 18.6 Å². The molecule has 3 N–H and O–H groups in total. The predicted octanol–water partition coefficient (Wildman–Crippen LogP) is -0.507. The van der Waals surface area contributed by atoms with Gasteiger partial charge in [0.15, 0.2) is 0 Å². The molecule has 1 aromatic heterocycles. The van der Waals surface area contributed by atoms with Gasteiger partial charge in [-0.1, -0.05) is 6.92 Å². The van der Waals surface area contributed by atoms with Gasteiger partial charge in [-0.3, -0.25) is 4.98 Å². The number of aromatic nitrogens is 1. The maximum absolute atomic E-state index is 12.0. The van der Waals surface area contributed by atoms with Gasteiger partial charge in [0.1, 0.15) is 4.90 Å². The first-order valence-electron chi connectivity index (χ1n) is 5.15. The van der Waals surface area contributed by atoms with Crippen molar-refractivity contribution in [3.63, 3.8) is 0 Å². The molecule has 1 rings (SSSR count). The molecular weight excluding hydrogens is 244 g/mol. The molecule has 0 fully saturated rings. The van der Waals surface area contributed by atoms with E-state index in [1.807, 2.05) is 0 Å². The minimum Gasteiger partial charge on any atom is -0.394 e. The van der Waals surface area contributed by atoms with Crippen molar-refractivity contribution in [1.82, 2.24) is 9.71 Å². The molecule has 0 saturated carbocycles. The largest absolute Gasteiger partial charge is 0.394 e. The first-order chi connectivity index (χ1) is 7.99. The summed E-state index contributed by atoms with van der Waals surface area (Å²) in [5.74, 6) is 0. The molecule has 0 atom stereocenters. The van der Waals surface area contributed by atoms with Crippen LogP contribution in [0.5, 0.6) is 0 Å². The van der Waals surface area contributed by atoms with Crippen LogP contribution in [0.2, 0.25) is 0 Å². The molecule has 0 aromatic carbocycles. The van der Waals surface area contributed by atoms with Crippen LogP contribution in [0, 0.1) is 0 Å². The van der Waals surface area contributed by atoms with Gasteiger partial charge < -0.3 is 10.2 Å². The number of aliphatic hydroxyl groups excluding tert-OH is 2. The van der Waals surface area contributed by atoms with E-state index in [-0.39, 0.29) is 11.3 Å². The van der Waals surface area contributed by atoms with Crippen LogP contribution in [0.1, 0.15) is 13.3 Å². The Morgan fingerprint density at radius 3 is 2.47 bits per heavy atom. The highest BCUT2D eigenvalue weighted by molar-refractivity contribution is 7.89. The lowest BCUT2D eigenvalue weighted by Gasteiger charge is -2.29. The van der Waals surface area contributed by atoms with Gasteiger partial charge in [-0.15, -0.1) is 0 Å². The van der Waals surface area contributed by atoms with Crippen molar-refractivity contribution in [1.29, 1.82) is 0 Å². The van der Waals surface area contributed by atoms with E-state index in [2.05, 4.69) is 9.71 Å². The molecular formula is C10H16N2O4S. The maximum atomic E-state index is 12.0. The van der Waals surface area contributed by atoms with Crippen molar-refractivity contribution >= 4 is 10.0 Å². The SMILES string of the molecule is CCC(CO)(CO)NS(=O)(=O)c1cccnc1. The Kier molecular flexibility index (Phi) is 4.58. The lowest BCUT2D eigenvalue weighted by Crippen LogP contribution is -2.53. The smallest absolute Gasteiger partial charge is 0.242 e. The third kappa shape index (κ3) is 3.22. The van der Waals surface area contributed by atoms with E-state index in [9.17, 15) is 18.6 Å². The first kappa shape index (κ1) is 14.0. The number of rotatable bonds is 6. The van der Waals surface area contributed by atoms with Gasteiger partial charge in [0.25, 0.3) is 0 Å². The van der Waals surface area contributed by atoms with Crippen LogP contribution in [-0.4, -0.2) is 42.4 Å². The number of hydrogen-bond acceptors (Lipinski definition) is 5. The Hall–Kier alpha value is -1.02. The van der Waals surface area contributed by atoms with Crippen molar-refractivity contribution in [3.8, 4) is 0 Å². The summed E-state index contributed by atoms with van der Waals surface area (Å²) >= 11 is 0. The third-order valence-corrected chi connectivity index (χ3v) is 4.14. The molecule has 0 bridgehead atoms. The standard InChI is InChI=1S/C10H16N2O4S/c1-2-10(7-13,8-14)12-17(15,16)9-4-3-5-11-6-9/h3-6,12-14H,2,7-8H2,1H3. The summed E-state index contributed by atoms with van der Waals surface area (Å²) in [5.41, 5.74) is -1.24. The highest BCUT2D eigenvalue weighted by atomic mass is 32.2. The molecule has 0 spiro atoms. The molecule has 0 aliphatic heterocycles. The summed E-state index contributed by atoms with van der Waals surface area (Å²) in [7, 11) is -3.79. The van der Waals surface area contributed by atoms with E-state index in [1.54, 1.807) is 6.92 Å². The molecule has 6 nitrogen and oxygen atoms in total. The monoisotopic (exact) mass is 260 g/mol. The summed E-state index contributed by atoms with van der Waals surface area (Å²) in [6.45, 7) is 0.733. The number of hydrogen-bond donors (Lipinski definition) is 3. The Balaban J connectivity index is 3.01. The van der Waals surface area contributed by atoms with Gasteiger partial charge in [-0.25, -0.2) is 13.1 Å². The van der Waals surface area contributed by atoms with E-state index >= 15 is 0 Å². The minimum absolute atomic E-state index is 0.000255. The van der Waals surface area contributed by atoms with Gasteiger partial charge in [-0.05, 0) is 18.6 Å². The zero-order valence-corrected chi connectivity index (χ0v) is 10.3. The fraction of sp³-hybridized carbons (Fsp3) is 0.500. The minimum atomic E-state index is -3.79. The second kappa shape index (κ2) is 5.54. The molecule has 0 unspecified atom stereocenters. The van der Waals surface area contributed by atoms with Crippen LogP contribution >= 0.6 is 0 Å². The molecule has 1 aromatic rings. The van der Waals surface area contributed by atoms with E-state index in [0.717, 1.165) is 0 Å². The highest BCUT2D eigenvalue weighted by Gasteiger charge is 2.32. The summed E-state index contributed by atoms with van der Waals surface area (Å²) in [6, 6.07) is 2.89. The molecule has 0 saturated heterocycles. The summed E-state index contributed by atoms with van der Waals surface area (Å²) in [6.07, 6.45) is 2.95. The number of sulfonamides is 1. The number of nitrogens with one attached hydrogen (secondary N) is 1. The molecule has 7 heteroatoms. The molecule has 96 valence electrons. The summed E-state index contributed by atoms with van der Waals surface area (Å²) < 4.78 is 26.2. The van der Waals surface area contributed by atoms with E-state index in [1.165, 1.54) is 24.5 Å². The lowest BCUT2D eigenvalue weighted by atomic mass is 10.0. The second-order valence-corrected chi connectivity index (χ2v) is 5.43. The fourth-order valence-corrected chi connectivity index (χ4v) is 2.68. The highest BCUT2D eigenvalue weighted by Crippen LogP contribution is 2.14. The zero-order valence-electron chi connectivity index (χ0n) is 9.50. The van der Waals surface area contributed by atoms with Crippen LogP contribution in [0.25, 0.3) is 0 Å². The lowest BCUT2D eigenvalue weighted by molar-refractivity contribution is 0.105. The molecule has 0 radical (unpaired) electrons. The van der Waals surface area contributed by atoms with Gasteiger partial charge in [0.2, 0.25) is 10.0 Å². The second-order valence-electron chi connectivity index (χ2n) is 3.74. The van der Waals surface area contributed by atoms with Crippen molar-refractivity contribution in [3.05, 3.63) is 24.5 Å². The average molecular weight is 260 g/mol. The van der Waals surface area contributed by atoms with Gasteiger partial charge in [0, 0.05) is 12.4 Å². The average Bonchev–Trinajstić information content (AvgIpc) is 2.37. The quantitative estimate of drug-likeness (QED) is 0.640. The number of pyridine rings is 1. The Morgan fingerprint density at radius 2 is 2.06 bits per heavy atom. The predicted molar refractivity (Wildman–Crippen MR) is 61.8 cm³/mol. The normalized spacial score (nSPS) is 12.6. The van der Waals surface area contributed by atoms with Crippen molar-refractivity contribution in [2.45, 2.75) is 23.8 Å². The first-order valence-corrected chi connectivity index (χ1v) is 6.64. The van der Waals surface area contributed by atoms with Crippen molar-refractivity contribution in [2.24, 2.45) is 0 Å². The number of nitrogens with zero attached hydrogens (tertiary/aromatic N) is 1. The summed E-state index contributed by atoms with van der Waals surface area (Å²) in [5, 5.41) is 18.4. The topological polar surface area (TPSA) is 99.5 Å². The van der Waals surface area contributed by atoms with E-state index in [4.69, 9.17) is 0 Å². The van der Waals surface area contributed by atoms with Crippen LogP contribution in [-0.2, 0) is 10.0 Å². The van der Waals surface area contributed by atoms with Gasteiger partial charge in [0.05, 0.1) is 18.8 Å². The van der Waals surface area contributed by atoms with Gasteiger partial charge >= 0.3 is 0 Å². The van der Waals surface area contributed by atoms with Crippen LogP contribution in [0.4, 0.5) is 0 Å². The Bertz CT molecular complexity index is 434. The van der Waals surface area contributed by atoms with Gasteiger partial charge in [-0.2, -0.15) is 0 Å². The Morgan fingerprint density at radius 1 is 1.41 bits per heavy atom. The van der Waals surface area contributed by atoms with E-state index in [0.29, 0.717) is 0 Å². The number of aliphatic hydroxyl groups is 2. The van der Waals surface area contributed by atoms with Crippen molar-refractivity contribution in [2.75, 3.05) is 13.2 Å². The van der Waals surface area contributed by atoms with Crippen LogP contribution < -0.4 is 4.72 Å². The molecule has 0 aliphatic rings. The molecule has 1 heterocycles. The third-order valence-electron chi connectivity index (χ3n) is 2.58.